The van der Waals surface area contributed by atoms with Crippen LogP contribution in [0.2, 0.25) is 0 Å². The molecule has 0 atom stereocenters. The average molecular weight is 277 g/mol. The lowest BCUT2D eigenvalue weighted by atomic mass is 9.83. The van der Waals surface area contributed by atoms with Crippen molar-refractivity contribution >= 4 is 17.5 Å². The number of nitrogen functional groups attached to an aromatic ring is 1. The van der Waals surface area contributed by atoms with Gasteiger partial charge in [-0.1, -0.05) is 19.8 Å². The molecule has 110 valence electrons. The fourth-order valence-electron chi connectivity index (χ4n) is 2.97. The van der Waals surface area contributed by atoms with Crippen molar-refractivity contribution in [1.82, 2.24) is 4.98 Å². The minimum Gasteiger partial charge on any atom is -0.478 e. The number of rotatable bonds is 5. The van der Waals surface area contributed by atoms with Crippen molar-refractivity contribution in [3.63, 3.8) is 0 Å². The molecule has 2 rings (SSSR count). The van der Waals surface area contributed by atoms with Crippen molar-refractivity contribution in [3.05, 3.63) is 17.8 Å². The second kappa shape index (κ2) is 6.59. The van der Waals surface area contributed by atoms with Crippen LogP contribution in [0.3, 0.4) is 0 Å². The predicted molar refractivity (Wildman–Crippen MR) is 79.9 cm³/mol. The summed E-state index contributed by atoms with van der Waals surface area (Å²) in [5.74, 6) is 0.331. The number of nitrogens with zero attached hydrogens (tertiary/aromatic N) is 1. The van der Waals surface area contributed by atoms with Crippen molar-refractivity contribution in [2.24, 2.45) is 5.92 Å². The van der Waals surface area contributed by atoms with Crippen LogP contribution in [0, 0.1) is 5.92 Å². The van der Waals surface area contributed by atoms with Gasteiger partial charge in [-0.05, 0) is 37.7 Å². The highest BCUT2D eigenvalue weighted by Gasteiger charge is 2.22. The number of anilines is 2. The van der Waals surface area contributed by atoms with Crippen LogP contribution in [-0.2, 0) is 0 Å². The molecule has 5 heteroatoms. The van der Waals surface area contributed by atoms with Gasteiger partial charge < -0.3 is 16.2 Å². The van der Waals surface area contributed by atoms with E-state index < -0.39 is 5.97 Å². The van der Waals surface area contributed by atoms with Gasteiger partial charge >= 0.3 is 5.97 Å². The highest BCUT2D eigenvalue weighted by Crippen LogP contribution is 2.30. The van der Waals surface area contributed by atoms with Gasteiger partial charge in [0.15, 0.2) is 0 Å². The van der Waals surface area contributed by atoms with Crippen molar-refractivity contribution in [3.8, 4) is 0 Å². The molecule has 1 saturated carbocycles. The maximum atomic E-state index is 11.0. The molecule has 20 heavy (non-hydrogen) atoms. The third kappa shape index (κ3) is 3.40. The Morgan fingerprint density at radius 3 is 2.75 bits per heavy atom. The quantitative estimate of drug-likeness (QED) is 0.769. The van der Waals surface area contributed by atoms with E-state index in [1.807, 2.05) is 0 Å². The van der Waals surface area contributed by atoms with Gasteiger partial charge in [-0.2, -0.15) is 0 Å². The van der Waals surface area contributed by atoms with Crippen LogP contribution in [0.25, 0.3) is 0 Å². The number of nitrogens with two attached hydrogens (primary N) is 1. The topological polar surface area (TPSA) is 88.2 Å². The lowest BCUT2D eigenvalue weighted by molar-refractivity contribution is 0.0698. The Kier molecular flexibility index (Phi) is 4.82. The number of carboxylic acid groups (broad SMARTS) is 1. The maximum absolute atomic E-state index is 11.0. The first-order valence-corrected chi connectivity index (χ1v) is 7.36. The Morgan fingerprint density at radius 2 is 2.15 bits per heavy atom. The van der Waals surface area contributed by atoms with Gasteiger partial charge in [0.25, 0.3) is 0 Å². The molecule has 1 aliphatic rings. The monoisotopic (exact) mass is 277 g/mol. The Balaban J connectivity index is 1.98. The fourth-order valence-corrected chi connectivity index (χ4v) is 2.97. The van der Waals surface area contributed by atoms with Crippen molar-refractivity contribution in [2.75, 3.05) is 11.1 Å². The second-order valence-corrected chi connectivity index (χ2v) is 5.58. The number of hydrogen-bond donors (Lipinski definition) is 3. The summed E-state index contributed by atoms with van der Waals surface area (Å²) < 4.78 is 0. The van der Waals surface area contributed by atoms with E-state index in [0.29, 0.717) is 11.9 Å². The molecule has 0 aliphatic heterocycles. The standard InChI is InChI=1S/C15H23N3O2/c1-2-3-10-4-6-11(7-5-10)18-14-13(16)12(15(19)20)8-9-17-14/h8-11H,2-7,16H2,1H3,(H,17,18)(H,19,20). The number of hydrogen-bond acceptors (Lipinski definition) is 4. The number of aromatic carboxylic acids is 1. The van der Waals surface area contributed by atoms with Crippen molar-refractivity contribution in [1.29, 1.82) is 0 Å². The number of nitrogens with one attached hydrogen (secondary N) is 1. The third-order valence-electron chi connectivity index (χ3n) is 4.11. The van der Waals surface area contributed by atoms with E-state index >= 15 is 0 Å². The minimum absolute atomic E-state index is 0.113. The molecule has 1 aliphatic carbocycles. The SMILES string of the molecule is CCCC1CCC(Nc2nccc(C(=O)O)c2N)CC1. The molecule has 0 spiro atoms. The van der Waals surface area contributed by atoms with Crippen LogP contribution in [-0.4, -0.2) is 22.1 Å². The molecule has 0 radical (unpaired) electrons. The highest BCUT2D eigenvalue weighted by molar-refractivity contribution is 5.96. The zero-order chi connectivity index (χ0) is 14.5. The zero-order valence-corrected chi connectivity index (χ0v) is 11.9. The summed E-state index contributed by atoms with van der Waals surface area (Å²) in [5.41, 5.74) is 6.22. The van der Waals surface area contributed by atoms with Gasteiger partial charge in [0.2, 0.25) is 0 Å². The Morgan fingerprint density at radius 1 is 1.45 bits per heavy atom. The summed E-state index contributed by atoms with van der Waals surface area (Å²) in [6.45, 7) is 2.23. The number of aromatic nitrogens is 1. The summed E-state index contributed by atoms with van der Waals surface area (Å²) in [4.78, 5) is 15.2. The van der Waals surface area contributed by atoms with E-state index in [1.54, 1.807) is 0 Å². The molecule has 1 fully saturated rings. The van der Waals surface area contributed by atoms with Crippen molar-refractivity contribution in [2.45, 2.75) is 51.5 Å². The first-order chi connectivity index (χ1) is 9.61. The van der Waals surface area contributed by atoms with Gasteiger partial charge in [0, 0.05) is 12.2 Å². The lowest BCUT2D eigenvalue weighted by Gasteiger charge is -2.29. The molecule has 0 saturated heterocycles. The Bertz CT molecular complexity index is 468. The molecule has 0 aromatic carbocycles. The largest absolute Gasteiger partial charge is 0.478 e. The van der Waals surface area contributed by atoms with Crippen LogP contribution < -0.4 is 11.1 Å². The average Bonchev–Trinajstić information content (AvgIpc) is 2.43. The van der Waals surface area contributed by atoms with Crippen LogP contribution in [0.15, 0.2) is 12.3 Å². The Labute approximate surface area is 119 Å². The molecule has 1 aromatic heterocycles. The molecule has 4 N–H and O–H groups in total. The predicted octanol–water partition coefficient (Wildman–Crippen LogP) is 3.13. The first kappa shape index (κ1) is 14.6. The van der Waals surface area contributed by atoms with Gasteiger partial charge in [-0.25, -0.2) is 9.78 Å². The van der Waals surface area contributed by atoms with E-state index in [9.17, 15) is 4.79 Å². The molecule has 1 aromatic rings. The molecule has 0 amide bonds. The van der Waals surface area contributed by atoms with E-state index in [1.165, 1.54) is 37.9 Å². The van der Waals surface area contributed by atoms with Gasteiger partial charge in [0.1, 0.15) is 5.82 Å². The number of pyridine rings is 1. The smallest absolute Gasteiger partial charge is 0.337 e. The number of carboxylic acids is 1. The first-order valence-electron chi connectivity index (χ1n) is 7.36. The third-order valence-corrected chi connectivity index (χ3v) is 4.11. The maximum Gasteiger partial charge on any atom is 0.337 e. The normalized spacial score (nSPS) is 22.4. The zero-order valence-electron chi connectivity index (χ0n) is 11.9. The summed E-state index contributed by atoms with van der Waals surface area (Å²) >= 11 is 0. The minimum atomic E-state index is -1.01. The summed E-state index contributed by atoms with van der Waals surface area (Å²) in [5, 5.41) is 12.4. The van der Waals surface area contributed by atoms with Crippen LogP contribution in [0.4, 0.5) is 11.5 Å². The van der Waals surface area contributed by atoms with Crippen LogP contribution >= 0.6 is 0 Å². The second-order valence-electron chi connectivity index (χ2n) is 5.58. The van der Waals surface area contributed by atoms with E-state index in [0.717, 1.165) is 18.8 Å². The van der Waals surface area contributed by atoms with Crippen molar-refractivity contribution < 1.29 is 9.90 Å². The van der Waals surface area contributed by atoms with Gasteiger partial charge in [0.05, 0.1) is 11.3 Å². The van der Waals surface area contributed by atoms with Crippen LogP contribution in [0.1, 0.15) is 55.8 Å². The number of carbonyl (C=O) groups is 1. The van der Waals surface area contributed by atoms with E-state index in [4.69, 9.17) is 10.8 Å². The highest BCUT2D eigenvalue weighted by atomic mass is 16.4. The Hall–Kier alpha value is -1.78. The van der Waals surface area contributed by atoms with E-state index in [-0.39, 0.29) is 11.3 Å². The molecular formula is C15H23N3O2. The molecule has 5 nitrogen and oxygen atoms in total. The summed E-state index contributed by atoms with van der Waals surface area (Å²) in [6, 6.07) is 1.78. The summed E-state index contributed by atoms with van der Waals surface area (Å²) in [7, 11) is 0. The molecule has 0 bridgehead atoms. The van der Waals surface area contributed by atoms with E-state index in [2.05, 4.69) is 17.2 Å². The fraction of sp³-hybridized carbons (Fsp3) is 0.600. The lowest BCUT2D eigenvalue weighted by Crippen LogP contribution is -2.27. The molecule has 1 heterocycles. The van der Waals surface area contributed by atoms with Gasteiger partial charge in [-0.3, -0.25) is 0 Å². The molecule has 0 unspecified atom stereocenters. The van der Waals surface area contributed by atoms with Gasteiger partial charge in [-0.15, -0.1) is 0 Å². The summed E-state index contributed by atoms with van der Waals surface area (Å²) in [6.07, 6.45) is 8.70. The molecular weight excluding hydrogens is 254 g/mol. The van der Waals surface area contributed by atoms with Crippen LogP contribution in [0.5, 0.6) is 0 Å².